The molecule has 1 heterocycles. The molecule has 2 aromatic carbocycles. The summed E-state index contributed by atoms with van der Waals surface area (Å²) in [7, 11) is 0. The first-order valence-corrected chi connectivity index (χ1v) is 8.49. The Labute approximate surface area is 173 Å². The number of hydrogen-bond donors (Lipinski definition) is 1. The van der Waals surface area contributed by atoms with Gasteiger partial charge in [0.25, 0.3) is 5.91 Å². The predicted octanol–water partition coefficient (Wildman–Crippen LogP) is 5.53. The zero-order valence-electron chi connectivity index (χ0n) is 15.7. The van der Waals surface area contributed by atoms with Gasteiger partial charge in [-0.2, -0.15) is 13.2 Å². The van der Waals surface area contributed by atoms with Crippen molar-refractivity contribution in [2.75, 3.05) is 5.32 Å². The third-order valence-electron chi connectivity index (χ3n) is 4.19. The van der Waals surface area contributed by atoms with Crippen LogP contribution in [0.1, 0.15) is 27.4 Å². The molecule has 3 aromatic rings. The van der Waals surface area contributed by atoms with Crippen molar-refractivity contribution in [3.8, 4) is 5.75 Å². The van der Waals surface area contributed by atoms with E-state index < -0.39 is 64.7 Å². The Balaban J connectivity index is 1.85. The highest BCUT2D eigenvalue weighted by molar-refractivity contribution is 6.04. The van der Waals surface area contributed by atoms with Gasteiger partial charge in [-0.3, -0.25) is 4.79 Å². The number of benzene rings is 2. The molecule has 170 valence electrons. The average Bonchev–Trinajstić information content (AvgIpc) is 3.12. The molecule has 0 radical (unpaired) electrons. The summed E-state index contributed by atoms with van der Waals surface area (Å²) < 4.78 is 116. The molecule has 0 saturated heterocycles. The number of carbonyl (C=O) groups is 1. The van der Waals surface area contributed by atoms with Crippen LogP contribution in [0.25, 0.3) is 0 Å². The second-order valence-electron chi connectivity index (χ2n) is 6.28. The molecule has 3 rings (SSSR count). The quantitative estimate of drug-likeness (QED) is 0.305. The van der Waals surface area contributed by atoms with Gasteiger partial charge < -0.3 is 14.6 Å². The van der Waals surface area contributed by atoms with Gasteiger partial charge >= 0.3 is 6.18 Å². The van der Waals surface area contributed by atoms with Crippen molar-refractivity contribution in [1.29, 1.82) is 0 Å². The van der Waals surface area contributed by atoms with Crippen molar-refractivity contribution < 1.29 is 49.2 Å². The predicted molar refractivity (Wildman–Crippen MR) is 91.2 cm³/mol. The summed E-state index contributed by atoms with van der Waals surface area (Å²) in [4.78, 5) is 12.3. The lowest BCUT2D eigenvalue weighted by Gasteiger charge is -2.11. The van der Waals surface area contributed by atoms with Crippen molar-refractivity contribution in [3.63, 3.8) is 0 Å². The van der Waals surface area contributed by atoms with Crippen LogP contribution in [0.15, 0.2) is 28.8 Å². The highest BCUT2D eigenvalue weighted by Crippen LogP contribution is 2.32. The fourth-order valence-electron chi connectivity index (χ4n) is 2.54. The van der Waals surface area contributed by atoms with Crippen LogP contribution in [-0.2, 0) is 12.8 Å². The van der Waals surface area contributed by atoms with E-state index in [0.717, 1.165) is 12.1 Å². The molecule has 0 aliphatic carbocycles. The summed E-state index contributed by atoms with van der Waals surface area (Å²) in [6, 6.07) is 3.78. The number of alkyl halides is 3. The molecular formula is C19H10F8N2O3. The summed E-state index contributed by atoms with van der Waals surface area (Å²) >= 11 is 0. The zero-order valence-corrected chi connectivity index (χ0v) is 15.7. The number of nitrogens with zero attached hydrogens (tertiary/aromatic N) is 1. The van der Waals surface area contributed by atoms with Crippen LogP contribution in [0, 0.1) is 36.0 Å². The van der Waals surface area contributed by atoms with E-state index in [9.17, 15) is 39.9 Å². The molecule has 0 unspecified atom stereocenters. The molecule has 0 bridgehead atoms. The Kier molecular flexibility index (Phi) is 6.10. The van der Waals surface area contributed by atoms with Crippen LogP contribution in [0.3, 0.4) is 0 Å². The normalized spacial score (nSPS) is 11.5. The number of hydrogen-bond acceptors (Lipinski definition) is 4. The van der Waals surface area contributed by atoms with Gasteiger partial charge in [-0.15, -0.1) is 0 Å². The van der Waals surface area contributed by atoms with Crippen molar-refractivity contribution in [2.45, 2.75) is 19.7 Å². The lowest BCUT2D eigenvalue weighted by atomic mass is 10.1. The number of aromatic nitrogens is 1. The van der Waals surface area contributed by atoms with Crippen LogP contribution >= 0.6 is 0 Å². The van der Waals surface area contributed by atoms with E-state index in [1.165, 1.54) is 18.3 Å². The molecule has 0 aliphatic rings. The molecule has 0 saturated carbocycles. The van der Waals surface area contributed by atoms with Crippen molar-refractivity contribution in [3.05, 3.63) is 75.9 Å². The molecule has 5 nitrogen and oxygen atoms in total. The monoisotopic (exact) mass is 466 g/mol. The number of rotatable bonds is 5. The molecule has 13 heteroatoms. The Bertz CT molecular complexity index is 1160. The third kappa shape index (κ3) is 4.36. The lowest BCUT2D eigenvalue weighted by Crippen LogP contribution is -2.19. The number of halogens is 8. The van der Waals surface area contributed by atoms with Gasteiger partial charge in [-0.05, 0) is 25.1 Å². The van der Waals surface area contributed by atoms with Crippen LogP contribution in [0.4, 0.5) is 40.8 Å². The van der Waals surface area contributed by atoms with Crippen molar-refractivity contribution in [2.24, 2.45) is 0 Å². The van der Waals surface area contributed by atoms with E-state index in [4.69, 9.17) is 9.26 Å². The first-order valence-electron chi connectivity index (χ1n) is 8.49. The topological polar surface area (TPSA) is 64.4 Å². The molecule has 0 aliphatic heterocycles. The summed E-state index contributed by atoms with van der Waals surface area (Å²) in [6.45, 7) is 0.740. The van der Waals surface area contributed by atoms with E-state index in [1.807, 2.05) is 0 Å². The molecule has 0 atom stereocenters. The van der Waals surface area contributed by atoms with Gasteiger partial charge in [0.05, 0.1) is 11.1 Å². The smallest absolute Gasteiger partial charge is 0.416 e. The first-order chi connectivity index (χ1) is 14.9. The van der Waals surface area contributed by atoms with Crippen LogP contribution in [-0.4, -0.2) is 11.1 Å². The fourth-order valence-corrected chi connectivity index (χ4v) is 2.54. The largest absolute Gasteiger partial charge is 0.489 e. The average molecular weight is 466 g/mol. The molecule has 0 fully saturated rings. The Hall–Kier alpha value is -3.64. The summed E-state index contributed by atoms with van der Waals surface area (Å²) in [5, 5.41) is 4.87. The molecule has 1 aromatic heterocycles. The van der Waals surface area contributed by atoms with Crippen molar-refractivity contribution in [1.82, 2.24) is 5.16 Å². The van der Waals surface area contributed by atoms with E-state index in [-0.39, 0.29) is 17.1 Å². The molecule has 32 heavy (non-hydrogen) atoms. The van der Waals surface area contributed by atoms with E-state index in [2.05, 4.69) is 5.16 Å². The summed E-state index contributed by atoms with van der Waals surface area (Å²) in [5.41, 5.74) is -3.39. The number of carbonyl (C=O) groups excluding carboxylic acids is 1. The summed E-state index contributed by atoms with van der Waals surface area (Å²) in [6.07, 6.45) is -4.63. The fraction of sp³-hybridized carbons (Fsp3) is 0.158. The number of nitrogens with one attached hydrogen (secondary N) is 1. The molecular weight excluding hydrogens is 456 g/mol. The van der Waals surface area contributed by atoms with Crippen LogP contribution in [0.5, 0.6) is 5.75 Å². The van der Waals surface area contributed by atoms with Gasteiger partial charge in [0.15, 0.2) is 29.0 Å². The highest BCUT2D eigenvalue weighted by atomic mass is 19.4. The second kappa shape index (κ2) is 8.48. The van der Waals surface area contributed by atoms with Gasteiger partial charge in [-0.1, -0.05) is 11.2 Å². The van der Waals surface area contributed by atoms with Crippen LogP contribution in [0.2, 0.25) is 0 Å². The molecule has 1 N–H and O–H groups in total. The number of ether oxygens (including phenoxy) is 1. The number of anilines is 1. The van der Waals surface area contributed by atoms with E-state index in [0.29, 0.717) is 6.07 Å². The minimum Gasteiger partial charge on any atom is -0.489 e. The minimum absolute atomic E-state index is 0.0421. The van der Waals surface area contributed by atoms with Gasteiger partial charge in [0, 0.05) is 0 Å². The Morgan fingerprint density at radius 2 is 1.62 bits per heavy atom. The molecule has 1 amide bonds. The maximum Gasteiger partial charge on any atom is 0.416 e. The maximum atomic E-state index is 13.8. The van der Waals surface area contributed by atoms with E-state index in [1.54, 1.807) is 0 Å². The summed E-state index contributed by atoms with van der Waals surface area (Å²) in [5.74, 6) is -13.2. The van der Waals surface area contributed by atoms with Crippen molar-refractivity contribution >= 4 is 11.6 Å². The van der Waals surface area contributed by atoms with Gasteiger partial charge in [0.2, 0.25) is 5.82 Å². The van der Waals surface area contributed by atoms with Gasteiger partial charge in [-0.25, -0.2) is 22.0 Å². The second-order valence-corrected chi connectivity index (χ2v) is 6.28. The van der Waals surface area contributed by atoms with Gasteiger partial charge in [0.1, 0.15) is 23.8 Å². The SMILES string of the molecule is Cc1onc(C(=O)Nc2c(F)c(F)c(F)c(F)c2F)c1COc1cccc(C(F)(F)F)c1. The zero-order chi connectivity index (χ0) is 23.8. The first kappa shape index (κ1) is 23.0. The molecule has 0 spiro atoms. The highest BCUT2D eigenvalue weighted by Gasteiger charge is 2.31. The maximum absolute atomic E-state index is 13.8. The standard InChI is InChI=1S/C19H10F8N2O3/c1-7-10(6-31-9-4-2-3-8(5-9)19(25,26)27)16(29-32-7)18(30)28-17-14(23)12(21)11(20)13(22)15(17)24/h2-5H,6H2,1H3,(H,28,30). The number of amides is 1. The third-order valence-corrected chi connectivity index (χ3v) is 4.19. The van der Waals surface area contributed by atoms with E-state index >= 15 is 0 Å². The Morgan fingerprint density at radius 3 is 2.22 bits per heavy atom. The van der Waals surface area contributed by atoms with Crippen LogP contribution < -0.4 is 10.1 Å². The Morgan fingerprint density at radius 1 is 1.03 bits per heavy atom. The number of aryl methyl sites for hydroxylation is 1. The lowest BCUT2D eigenvalue weighted by molar-refractivity contribution is -0.137. The minimum atomic E-state index is -4.63.